The highest BCUT2D eigenvalue weighted by Crippen LogP contribution is 2.19. The molecule has 17 heavy (non-hydrogen) atoms. The molecule has 2 unspecified atom stereocenters. The molecule has 0 radical (unpaired) electrons. The van der Waals surface area contributed by atoms with Crippen LogP contribution in [0.4, 0.5) is 0 Å². The molecule has 0 spiro atoms. The second-order valence-electron chi connectivity index (χ2n) is 4.91. The Morgan fingerprint density at radius 1 is 1.35 bits per heavy atom. The van der Waals surface area contributed by atoms with Crippen LogP contribution < -0.4 is 5.73 Å². The molecule has 1 saturated heterocycles. The number of hydrogen-bond acceptors (Lipinski definition) is 5. The molecule has 5 nitrogen and oxygen atoms in total. The van der Waals surface area contributed by atoms with E-state index < -0.39 is 0 Å². The Kier molecular flexibility index (Phi) is 4.04. The molecule has 2 heterocycles. The van der Waals surface area contributed by atoms with Crippen molar-refractivity contribution in [2.75, 3.05) is 33.7 Å². The fourth-order valence-electron chi connectivity index (χ4n) is 2.29. The van der Waals surface area contributed by atoms with E-state index in [1.54, 1.807) is 0 Å². The number of piperazine rings is 1. The van der Waals surface area contributed by atoms with Gasteiger partial charge < -0.3 is 15.5 Å². The van der Waals surface area contributed by atoms with Crippen molar-refractivity contribution in [1.82, 2.24) is 19.8 Å². The highest BCUT2D eigenvalue weighted by molar-refractivity contribution is 5.09. The van der Waals surface area contributed by atoms with Crippen molar-refractivity contribution in [3.8, 4) is 0 Å². The standard InChI is InChI=1S/C12H21N5/c1-16-3-4-17(2)11(8-16)5-12(13)10-6-14-9-15-7-10/h6-7,9,11-12H,3-5,8,13H2,1-2H3. The minimum absolute atomic E-state index is 0.0233. The number of hydrogen-bond donors (Lipinski definition) is 1. The zero-order valence-electron chi connectivity index (χ0n) is 10.6. The zero-order chi connectivity index (χ0) is 12.3. The summed E-state index contributed by atoms with van der Waals surface area (Å²) in [5.41, 5.74) is 7.23. The zero-order valence-corrected chi connectivity index (χ0v) is 10.6. The van der Waals surface area contributed by atoms with Gasteiger partial charge in [-0.2, -0.15) is 0 Å². The predicted octanol–water partition coefficient (Wildman–Crippen LogP) is 0.112. The molecule has 2 rings (SSSR count). The number of likely N-dealkylation sites (N-methyl/N-ethyl adjacent to an activating group) is 2. The lowest BCUT2D eigenvalue weighted by atomic mass is 10.00. The van der Waals surface area contributed by atoms with E-state index in [0.29, 0.717) is 6.04 Å². The Balaban J connectivity index is 1.96. The Morgan fingerprint density at radius 3 is 2.76 bits per heavy atom. The summed E-state index contributed by atoms with van der Waals surface area (Å²) in [6.45, 7) is 3.33. The fraction of sp³-hybridized carbons (Fsp3) is 0.667. The van der Waals surface area contributed by atoms with Gasteiger partial charge in [-0.05, 0) is 20.5 Å². The van der Waals surface area contributed by atoms with Crippen LogP contribution in [0.25, 0.3) is 0 Å². The molecule has 1 aliphatic rings. The first-order valence-corrected chi connectivity index (χ1v) is 6.06. The first-order valence-electron chi connectivity index (χ1n) is 6.06. The summed E-state index contributed by atoms with van der Waals surface area (Å²) in [6, 6.07) is 0.541. The van der Waals surface area contributed by atoms with Gasteiger partial charge in [0.15, 0.2) is 0 Å². The third-order valence-corrected chi connectivity index (χ3v) is 3.51. The van der Waals surface area contributed by atoms with E-state index in [4.69, 9.17) is 5.73 Å². The van der Waals surface area contributed by atoms with Gasteiger partial charge in [-0.25, -0.2) is 9.97 Å². The molecular formula is C12H21N5. The number of aromatic nitrogens is 2. The normalized spacial score (nSPS) is 24.8. The van der Waals surface area contributed by atoms with Gasteiger partial charge in [-0.3, -0.25) is 0 Å². The molecule has 1 fully saturated rings. The van der Waals surface area contributed by atoms with Crippen molar-refractivity contribution in [3.63, 3.8) is 0 Å². The van der Waals surface area contributed by atoms with Crippen molar-refractivity contribution in [2.45, 2.75) is 18.5 Å². The molecule has 2 N–H and O–H groups in total. The second-order valence-corrected chi connectivity index (χ2v) is 4.91. The SMILES string of the molecule is CN1CCN(C)C(CC(N)c2cncnc2)C1. The van der Waals surface area contributed by atoms with E-state index >= 15 is 0 Å². The molecule has 94 valence electrons. The fourth-order valence-corrected chi connectivity index (χ4v) is 2.29. The molecular weight excluding hydrogens is 214 g/mol. The number of nitrogens with two attached hydrogens (primary N) is 1. The lowest BCUT2D eigenvalue weighted by Gasteiger charge is -2.38. The Labute approximate surface area is 103 Å². The maximum atomic E-state index is 6.21. The van der Waals surface area contributed by atoms with E-state index in [2.05, 4.69) is 33.9 Å². The van der Waals surface area contributed by atoms with E-state index in [1.807, 2.05) is 12.4 Å². The quantitative estimate of drug-likeness (QED) is 0.806. The molecule has 0 aromatic carbocycles. The third-order valence-electron chi connectivity index (χ3n) is 3.51. The van der Waals surface area contributed by atoms with E-state index in [1.165, 1.54) is 6.33 Å². The highest BCUT2D eigenvalue weighted by Gasteiger charge is 2.24. The van der Waals surface area contributed by atoms with Crippen LogP contribution in [0.1, 0.15) is 18.0 Å². The maximum Gasteiger partial charge on any atom is 0.115 e. The van der Waals surface area contributed by atoms with Crippen molar-refractivity contribution < 1.29 is 0 Å². The van der Waals surface area contributed by atoms with Crippen LogP contribution >= 0.6 is 0 Å². The molecule has 1 aromatic heterocycles. The van der Waals surface area contributed by atoms with Crippen molar-refractivity contribution >= 4 is 0 Å². The molecule has 2 atom stereocenters. The van der Waals surface area contributed by atoms with Crippen LogP contribution in [-0.4, -0.2) is 59.5 Å². The van der Waals surface area contributed by atoms with Gasteiger partial charge in [-0.1, -0.05) is 0 Å². The summed E-state index contributed by atoms with van der Waals surface area (Å²) >= 11 is 0. The van der Waals surface area contributed by atoms with Gasteiger partial charge in [-0.15, -0.1) is 0 Å². The Hall–Kier alpha value is -1.04. The summed E-state index contributed by atoms with van der Waals surface area (Å²) in [6.07, 6.45) is 6.11. The molecule has 0 saturated carbocycles. The first-order chi connectivity index (χ1) is 8.16. The lowest BCUT2D eigenvalue weighted by molar-refractivity contribution is 0.104. The topological polar surface area (TPSA) is 58.3 Å². The summed E-state index contributed by atoms with van der Waals surface area (Å²) < 4.78 is 0. The molecule has 1 aromatic rings. The lowest BCUT2D eigenvalue weighted by Crippen LogP contribution is -2.50. The Bertz CT molecular complexity index is 342. The largest absolute Gasteiger partial charge is 0.324 e. The molecule has 1 aliphatic heterocycles. The molecule has 0 amide bonds. The van der Waals surface area contributed by atoms with Gasteiger partial charge in [0.25, 0.3) is 0 Å². The van der Waals surface area contributed by atoms with Crippen LogP contribution in [0.15, 0.2) is 18.7 Å². The van der Waals surface area contributed by atoms with Gasteiger partial charge in [0.1, 0.15) is 6.33 Å². The molecule has 0 aliphatic carbocycles. The number of nitrogens with zero attached hydrogens (tertiary/aromatic N) is 4. The van der Waals surface area contributed by atoms with Crippen molar-refractivity contribution in [3.05, 3.63) is 24.3 Å². The minimum Gasteiger partial charge on any atom is -0.324 e. The minimum atomic E-state index is 0.0233. The van der Waals surface area contributed by atoms with Gasteiger partial charge in [0, 0.05) is 49.7 Å². The van der Waals surface area contributed by atoms with Crippen LogP contribution in [-0.2, 0) is 0 Å². The van der Waals surface area contributed by atoms with Gasteiger partial charge in [0.2, 0.25) is 0 Å². The summed E-state index contributed by atoms with van der Waals surface area (Å²) in [4.78, 5) is 12.8. The maximum absolute atomic E-state index is 6.21. The van der Waals surface area contributed by atoms with Crippen LogP contribution in [0.3, 0.4) is 0 Å². The van der Waals surface area contributed by atoms with Crippen molar-refractivity contribution in [2.24, 2.45) is 5.73 Å². The predicted molar refractivity (Wildman–Crippen MR) is 67.5 cm³/mol. The van der Waals surface area contributed by atoms with E-state index in [9.17, 15) is 0 Å². The van der Waals surface area contributed by atoms with E-state index in [-0.39, 0.29) is 6.04 Å². The number of rotatable bonds is 3. The van der Waals surface area contributed by atoms with Gasteiger partial charge in [0.05, 0.1) is 0 Å². The highest BCUT2D eigenvalue weighted by atomic mass is 15.3. The van der Waals surface area contributed by atoms with Crippen LogP contribution in [0.2, 0.25) is 0 Å². The smallest absolute Gasteiger partial charge is 0.115 e. The van der Waals surface area contributed by atoms with Crippen molar-refractivity contribution in [1.29, 1.82) is 0 Å². The molecule has 0 bridgehead atoms. The summed E-state index contributed by atoms with van der Waals surface area (Å²) in [7, 11) is 4.34. The first kappa shape index (κ1) is 12.4. The summed E-state index contributed by atoms with van der Waals surface area (Å²) in [5.74, 6) is 0. The average molecular weight is 235 g/mol. The van der Waals surface area contributed by atoms with E-state index in [0.717, 1.165) is 31.6 Å². The molecule has 5 heteroatoms. The summed E-state index contributed by atoms with van der Waals surface area (Å²) in [5, 5.41) is 0. The third kappa shape index (κ3) is 3.21. The van der Waals surface area contributed by atoms with Crippen LogP contribution in [0.5, 0.6) is 0 Å². The average Bonchev–Trinajstić information content (AvgIpc) is 2.35. The van der Waals surface area contributed by atoms with Crippen LogP contribution in [0, 0.1) is 0 Å². The monoisotopic (exact) mass is 235 g/mol. The van der Waals surface area contributed by atoms with Gasteiger partial charge >= 0.3 is 0 Å². The second kappa shape index (κ2) is 5.53. The Morgan fingerprint density at radius 2 is 2.06 bits per heavy atom.